The molecule has 0 bridgehead atoms. The molecule has 0 saturated carbocycles. The number of carbonyl (C=O) groups excluding carboxylic acids is 2. The molecule has 0 spiro atoms. The third-order valence-corrected chi connectivity index (χ3v) is 5.14. The summed E-state index contributed by atoms with van der Waals surface area (Å²) in [6.45, 7) is 3.32. The minimum Gasteiger partial charge on any atom is -0.381 e. The number of hydrogen-bond donors (Lipinski definition) is 0. The molecule has 0 N–H and O–H groups in total. The zero-order valence-corrected chi connectivity index (χ0v) is 16.6. The number of ketones is 1. The largest absolute Gasteiger partial charge is 0.381 e. The summed E-state index contributed by atoms with van der Waals surface area (Å²) in [6, 6.07) is 7.13. The molecule has 5 nitrogen and oxygen atoms in total. The molecule has 146 valence electrons. The van der Waals surface area contributed by atoms with E-state index in [0.29, 0.717) is 28.7 Å². The number of Topliss-reactive ketones (excluding diaryl/α,β-unsaturated/α-hetero) is 1. The maximum Gasteiger partial charge on any atom is 0.159 e. The van der Waals surface area contributed by atoms with Gasteiger partial charge in [-0.05, 0) is 55.5 Å². The predicted molar refractivity (Wildman–Crippen MR) is 108 cm³/mol. The van der Waals surface area contributed by atoms with Crippen molar-refractivity contribution < 1.29 is 14.3 Å². The Balaban J connectivity index is 1.76. The third-order valence-electron chi connectivity index (χ3n) is 4.88. The molecule has 1 unspecified atom stereocenters. The first kappa shape index (κ1) is 20.4. The highest BCUT2D eigenvalue weighted by Crippen LogP contribution is 2.24. The van der Waals surface area contributed by atoms with E-state index in [1.807, 2.05) is 25.1 Å². The fraction of sp³-hybridized carbons (Fsp3) is 0.364. The quantitative estimate of drug-likeness (QED) is 0.394. The second-order valence-electron chi connectivity index (χ2n) is 6.93. The van der Waals surface area contributed by atoms with Crippen molar-refractivity contribution in [1.29, 1.82) is 0 Å². The average molecular weight is 399 g/mol. The van der Waals surface area contributed by atoms with E-state index < -0.39 is 5.92 Å². The summed E-state index contributed by atoms with van der Waals surface area (Å²) < 4.78 is 5.34. The Bertz CT molecular complexity index is 859. The van der Waals surface area contributed by atoms with Crippen molar-refractivity contribution in [3.8, 4) is 11.4 Å². The molecule has 1 aliphatic heterocycles. The van der Waals surface area contributed by atoms with Crippen molar-refractivity contribution in [1.82, 2.24) is 9.97 Å². The van der Waals surface area contributed by atoms with Crippen molar-refractivity contribution in [3.63, 3.8) is 0 Å². The van der Waals surface area contributed by atoms with Crippen molar-refractivity contribution in [3.05, 3.63) is 58.9 Å². The van der Waals surface area contributed by atoms with Gasteiger partial charge in [0.25, 0.3) is 0 Å². The Kier molecular flexibility index (Phi) is 7.06. The Morgan fingerprint density at radius 2 is 2.00 bits per heavy atom. The summed E-state index contributed by atoms with van der Waals surface area (Å²) in [5, 5.41) is 0.619. The fourth-order valence-corrected chi connectivity index (χ4v) is 3.34. The predicted octanol–water partition coefficient (Wildman–Crippen LogP) is 4.33. The maximum atomic E-state index is 12.7. The van der Waals surface area contributed by atoms with Gasteiger partial charge in [0.2, 0.25) is 0 Å². The van der Waals surface area contributed by atoms with Crippen LogP contribution in [0.15, 0.2) is 42.6 Å². The van der Waals surface area contributed by atoms with Crippen LogP contribution in [0.5, 0.6) is 0 Å². The first-order chi connectivity index (χ1) is 13.6. The number of allylic oxidation sites excluding steroid dienone is 2. The first-order valence-corrected chi connectivity index (χ1v) is 9.78. The Morgan fingerprint density at radius 3 is 2.68 bits per heavy atom. The van der Waals surface area contributed by atoms with Gasteiger partial charge in [-0.1, -0.05) is 23.8 Å². The number of aldehydes is 1. The van der Waals surface area contributed by atoms with E-state index in [-0.39, 0.29) is 12.2 Å². The van der Waals surface area contributed by atoms with Gasteiger partial charge in [-0.15, -0.1) is 0 Å². The number of ether oxygens (including phenoxy) is 1. The summed E-state index contributed by atoms with van der Waals surface area (Å²) >= 11 is 5.93. The lowest BCUT2D eigenvalue weighted by Gasteiger charge is -2.18. The highest BCUT2D eigenvalue weighted by atomic mass is 35.5. The molecule has 3 rings (SSSR count). The van der Waals surface area contributed by atoms with Gasteiger partial charge >= 0.3 is 0 Å². The monoisotopic (exact) mass is 398 g/mol. The minimum atomic E-state index is -0.895. The number of aryl methyl sites for hydroxylation is 1. The van der Waals surface area contributed by atoms with E-state index in [2.05, 4.69) is 16.0 Å². The number of rotatable bonds is 7. The molecule has 2 heterocycles. The number of halogens is 1. The van der Waals surface area contributed by atoms with Gasteiger partial charge in [-0.2, -0.15) is 0 Å². The fourth-order valence-electron chi connectivity index (χ4n) is 3.21. The van der Waals surface area contributed by atoms with Crippen molar-refractivity contribution in [2.24, 2.45) is 5.92 Å². The lowest BCUT2D eigenvalue weighted by Crippen LogP contribution is -2.17. The van der Waals surface area contributed by atoms with E-state index in [0.717, 1.165) is 37.2 Å². The topological polar surface area (TPSA) is 69.2 Å². The molecule has 0 aliphatic carbocycles. The van der Waals surface area contributed by atoms with Gasteiger partial charge in [0.1, 0.15) is 12.2 Å². The minimum absolute atomic E-state index is 0.165. The van der Waals surface area contributed by atoms with E-state index in [1.165, 1.54) is 0 Å². The zero-order chi connectivity index (χ0) is 19.9. The van der Waals surface area contributed by atoms with Gasteiger partial charge in [0.15, 0.2) is 11.6 Å². The van der Waals surface area contributed by atoms with Crippen LogP contribution in [0.3, 0.4) is 0 Å². The molecule has 1 aromatic heterocycles. The average Bonchev–Trinajstić information content (AvgIpc) is 2.71. The number of carbonyl (C=O) groups is 2. The van der Waals surface area contributed by atoms with Gasteiger partial charge < -0.3 is 9.53 Å². The van der Waals surface area contributed by atoms with Gasteiger partial charge in [-0.3, -0.25) is 4.79 Å². The summed E-state index contributed by atoms with van der Waals surface area (Å²) in [4.78, 5) is 33.2. The van der Waals surface area contributed by atoms with E-state index in [4.69, 9.17) is 16.3 Å². The highest BCUT2D eigenvalue weighted by Gasteiger charge is 2.23. The molecule has 2 aromatic rings. The Morgan fingerprint density at radius 1 is 1.29 bits per heavy atom. The van der Waals surface area contributed by atoms with Crippen LogP contribution in [0.4, 0.5) is 0 Å². The number of aromatic nitrogens is 2. The summed E-state index contributed by atoms with van der Waals surface area (Å²) in [6.07, 6.45) is 8.40. The van der Waals surface area contributed by atoms with Crippen LogP contribution in [0.2, 0.25) is 5.02 Å². The molecular formula is C22H23ClN2O3. The van der Waals surface area contributed by atoms with Crippen LogP contribution >= 0.6 is 11.6 Å². The SMILES string of the molecule is Cc1cnc(-c2ccc(Cl)cc2)nc1C(C=O)C(=O)C/C=C\C1CCOCC1. The molecular weight excluding hydrogens is 376 g/mol. The number of benzene rings is 1. The molecule has 1 aliphatic rings. The molecule has 6 heteroatoms. The molecule has 0 radical (unpaired) electrons. The smallest absolute Gasteiger partial charge is 0.159 e. The lowest BCUT2D eigenvalue weighted by atomic mass is 9.94. The molecule has 28 heavy (non-hydrogen) atoms. The van der Waals surface area contributed by atoms with E-state index in [9.17, 15) is 9.59 Å². The van der Waals surface area contributed by atoms with Gasteiger partial charge in [0.05, 0.1) is 5.69 Å². The lowest BCUT2D eigenvalue weighted by molar-refractivity contribution is -0.123. The number of hydrogen-bond acceptors (Lipinski definition) is 5. The summed E-state index contributed by atoms with van der Waals surface area (Å²) in [5.41, 5.74) is 1.96. The number of nitrogens with zero attached hydrogens (tertiary/aromatic N) is 2. The van der Waals surface area contributed by atoms with Crippen LogP contribution in [-0.4, -0.2) is 35.3 Å². The first-order valence-electron chi connectivity index (χ1n) is 9.40. The standard InChI is InChI=1S/C22H23ClN2O3/c1-15-13-24-22(17-5-7-18(23)8-6-17)25-21(15)19(14-26)20(27)4-2-3-16-9-11-28-12-10-16/h2-3,5-8,13-14,16,19H,4,9-12H2,1H3/b3-2-. The molecule has 0 amide bonds. The van der Waals surface area contributed by atoms with Gasteiger partial charge in [0, 0.05) is 36.4 Å². The van der Waals surface area contributed by atoms with Crippen LogP contribution in [0.25, 0.3) is 11.4 Å². The van der Waals surface area contributed by atoms with Crippen molar-refractivity contribution in [2.75, 3.05) is 13.2 Å². The maximum absolute atomic E-state index is 12.7. The molecule has 1 fully saturated rings. The van der Waals surface area contributed by atoms with E-state index in [1.54, 1.807) is 18.3 Å². The Labute approximate surface area is 169 Å². The summed E-state index contributed by atoms with van der Waals surface area (Å²) in [7, 11) is 0. The van der Waals surface area contributed by atoms with Crippen LogP contribution in [0, 0.1) is 12.8 Å². The van der Waals surface area contributed by atoms with Crippen LogP contribution < -0.4 is 0 Å². The van der Waals surface area contributed by atoms with Crippen molar-refractivity contribution >= 4 is 23.7 Å². The molecule has 1 aromatic carbocycles. The normalized spacial score (nSPS) is 16.2. The summed E-state index contributed by atoms with van der Waals surface area (Å²) in [5.74, 6) is -0.154. The highest BCUT2D eigenvalue weighted by molar-refractivity contribution is 6.30. The second kappa shape index (κ2) is 9.71. The van der Waals surface area contributed by atoms with Crippen LogP contribution in [-0.2, 0) is 14.3 Å². The Hall–Kier alpha value is -2.37. The molecule has 1 atom stereocenters. The second-order valence-corrected chi connectivity index (χ2v) is 7.37. The van der Waals surface area contributed by atoms with Crippen LogP contribution in [0.1, 0.15) is 36.4 Å². The zero-order valence-electron chi connectivity index (χ0n) is 15.8. The molecule has 1 saturated heterocycles. The third kappa shape index (κ3) is 5.12. The van der Waals surface area contributed by atoms with Crippen molar-refractivity contribution in [2.45, 2.75) is 32.1 Å². The van der Waals surface area contributed by atoms with Gasteiger partial charge in [-0.25, -0.2) is 9.97 Å². The van der Waals surface area contributed by atoms with E-state index >= 15 is 0 Å².